The monoisotopic (exact) mass is 331 g/mol. The van der Waals surface area contributed by atoms with Gasteiger partial charge in [-0.1, -0.05) is 40.2 Å². The summed E-state index contributed by atoms with van der Waals surface area (Å²) in [5.74, 6) is 0.675. The number of pyridine rings is 1. The van der Waals surface area contributed by atoms with Gasteiger partial charge in [0, 0.05) is 12.4 Å². The third-order valence-corrected chi connectivity index (χ3v) is 4.61. The zero-order valence-electron chi connectivity index (χ0n) is 11.3. The molecule has 104 valence electrons. The summed E-state index contributed by atoms with van der Waals surface area (Å²) in [6.45, 7) is 0. The molecule has 1 aromatic heterocycles. The molecule has 1 aliphatic carbocycles. The summed E-state index contributed by atoms with van der Waals surface area (Å²) in [6, 6.07) is 10.5. The first kappa shape index (κ1) is 13.8. The molecule has 0 bridgehead atoms. The van der Waals surface area contributed by atoms with Crippen molar-refractivity contribution < 1.29 is 5.11 Å². The number of aliphatic hydroxyl groups is 1. The van der Waals surface area contributed by atoms with Gasteiger partial charge in [-0.2, -0.15) is 0 Å². The maximum absolute atomic E-state index is 9.63. The van der Waals surface area contributed by atoms with E-state index in [9.17, 15) is 5.11 Å². The Balaban J connectivity index is 1.75. The van der Waals surface area contributed by atoms with Crippen molar-refractivity contribution in [2.75, 3.05) is 0 Å². The molecule has 2 atom stereocenters. The van der Waals surface area contributed by atoms with Gasteiger partial charge in [0.05, 0.1) is 0 Å². The van der Waals surface area contributed by atoms with Crippen LogP contribution in [0.15, 0.2) is 42.7 Å². The molecule has 2 unspecified atom stereocenters. The second-order valence-electron chi connectivity index (χ2n) is 5.54. The van der Waals surface area contributed by atoms with E-state index in [0.29, 0.717) is 5.92 Å². The normalized spacial score (nSPS) is 19.4. The number of nitrogens with zero attached hydrogens (tertiary/aromatic N) is 1. The fraction of sp³-hybridized carbons (Fsp3) is 0.353. The molecule has 2 aromatic rings. The van der Waals surface area contributed by atoms with Gasteiger partial charge in [0.1, 0.15) is 5.01 Å². The maximum atomic E-state index is 9.63. The van der Waals surface area contributed by atoms with Crippen LogP contribution in [-0.4, -0.2) is 10.1 Å². The topological polar surface area (TPSA) is 33.1 Å². The molecule has 0 aliphatic heterocycles. The van der Waals surface area contributed by atoms with Crippen molar-refractivity contribution in [3.05, 3.63) is 65.0 Å². The molecule has 3 rings (SSSR count). The Bertz CT molecular complexity index is 583. The van der Waals surface area contributed by atoms with Gasteiger partial charge in [-0.15, -0.1) is 0 Å². The number of fused-ring (bicyclic) bond motifs is 1. The van der Waals surface area contributed by atoms with Crippen molar-refractivity contribution in [3.63, 3.8) is 0 Å². The lowest BCUT2D eigenvalue weighted by atomic mass is 9.80. The lowest BCUT2D eigenvalue weighted by Gasteiger charge is -2.25. The Labute approximate surface area is 128 Å². The lowest BCUT2D eigenvalue weighted by Crippen LogP contribution is -2.17. The molecule has 0 amide bonds. The van der Waals surface area contributed by atoms with Gasteiger partial charge >= 0.3 is 0 Å². The average Bonchev–Trinajstić information content (AvgIpc) is 2.47. The molecule has 3 heteroatoms. The zero-order chi connectivity index (χ0) is 13.9. The highest BCUT2D eigenvalue weighted by atomic mass is 79.9. The van der Waals surface area contributed by atoms with E-state index in [0.717, 1.165) is 24.8 Å². The maximum Gasteiger partial charge on any atom is 0.134 e. The minimum atomic E-state index is -0.563. The molecular weight excluding hydrogens is 314 g/mol. The Kier molecular flexibility index (Phi) is 4.18. The number of hydrogen-bond donors (Lipinski definition) is 1. The van der Waals surface area contributed by atoms with E-state index in [4.69, 9.17) is 0 Å². The van der Waals surface area contributed by atoms with Crippen LogP contribution < -0.4 is 0 Å². The van der Waals surface area contributed by atoms with Gasteiger partial charge in [0.2, 0.25) is 0 Å². The summed E-state index contributed by atoms with van der Waals surface area (Å²) in [5, 5.41) is 9.07. The summed E-state index contributed by atoms with van der Waals surface area (Å²) in [6.07, 6.45) is 8.35. The lowest BCUT2D eigenvalue weighted by molar-refractivity contribution is 0.277. The molecule has 2 nitrogen and oxygen atoms in total. The summed E-state index contributed by atoms with van der Waals surface area (Å²) in [4.78, 5) is 4.19. The van der Waals surface area contributed by atoms with Crippen LogP contribution in [0, 0.1) is 5.92 Å². The van der Waals surface area contributed by atoms with Crippen LogP contribution in [0.4, 0.5) is 0 Å². The summed E-state index contributed by atoms with van der Waals surface area (Å²) >= 11 is 3.23. The molecule has 1 aromatic carbocycles. The van der Waals surface area contributed by atoms with Crippen molar-refractivity contribution >= 4 is 15.9 Å². The van der Waals surface area contributed by atoms with Crippen LogP contribution in [-0.2, 0) is 19.3 Å². The van der Waals surface area contributed by atoms with Gasteiger partial charge in [0.15, 0.2) is 0 Å². The van der Waals surface area contributed by atoms with Crippen molar-refractivity contribution in [3.8, 4) is 0 Å². The standard InChI is InChI=1S/C17H18BrNO/c18-17(20)15-6-5-14-4-3-12(9-16(14)10-15)8-13-2-1-7-19-11-13/h1-2,5-7,10-12,17,20H,3-4,8-9H2. The smallest absolute Gasteiger partial charge is 0.134 e. The van der Waals surface area contributed by atoms with Gasteiger partial charge < -0.3 is 5.11 Å². The minimum Gasteiger partial charge on any atom is -0.377 e. The molecule has 1 N–H and O–H groups in total. The van der Waals surface area contributed by atoms with E-state index >= 15 is 0 Å². The highest BCUT2D eigenvalue weighted by Gasteiger charge is 2.20. The fourth-order valence-electron chi connectivity index (χ4n) is 3.03. The second kappa shape index (κ2) is 6.06. The van der Waals surface area contributed by atoms with Crippen LogP contribution in [0.2, 0.25) is 0 Å². The number of rotatable bonds is 3. The molecule has 0 fully saturated rings. The van der Waals surface area contributed by atoms with Crippen molar-refractivity contribution in [2.45, 2.75) is 30.7 Å². The molecular formula is C17H18BrNO. The van der Waals surface area contributed by atoms with E-state index in [2.05, 4.69) is 39.1 Å². The number of halogens is 1. The molecule has 1 aliphatic rings. The van der Waals surface area contributed by atoms with Crippen LogP contribution in [0.3, 0.4) is 0 Å². The van der Waals surface area contributed by atoms with Crippen molar-refractivity contribution in [1.29, 1.82) is 0 Å². The first-order valence-corrected chi connectivity index (χ1v) is 7.96. The van der Waals surface area contributed by atoms with E-state index in [-0.39, 0.29) is 0 Å². The molecule has 0 saturated carbocycles. The Morgan fingerprint density at radius 3 is 2.95 bits per heavy atom. The van der Waals surface area contributed by atoms with Gasteiger partial charge in [0.25, 0.3) is 0 Å². The van der Waals surface area contributed by atoms with Crippen LogP contribution in [0.1, 0.15) is 33.7 Å². The summed E-state index contributed by atoms with van der Waals surface area (Å²) in [5.41, 5.74) is 5.09. The first-order valence-electron chi connectivity index (χ1n) is 7.05. The van der Waals surface area contributed by atoms with Crippen molar-refractivity contribution in [2.24, 2.45) is 5.92 Å². The summed E-state index contributed by atoms with van der Waals surface area (Å²) in [7, 11) is 0. The van der Waals surface area contributed by atoms with E-state index < -0.39 is 5.01 Å². The van der Waals surface area contributed by atoms with Crippen LogP contribution >= 0.6 is 15.9 Å². The quantitative estimate of drug-likeness (QED) is 0.867. The van der Waals surface area contributed by atoms with Crippen LogP contribution in [0.5, 0.6) is 0 Å². The zero-order valence-corrected chi connectivity index (χ0v) is 12.9. The van der Waals surface area contributed by atoms with E-state index in [1.807, 2.05) is 24.5 Å². The molecule has 20 heavy (non-hydrogen) atoms. The average molecular weight is 332 g/mol. The van der Waals surface area contributed by atoms with E-state index in [1.54, 1.807) is 0 Å². The predicted octanol–water partition coefficient (Wildman–Crippen LogP) is 3.82. The number of benzene rings is 1. The Morgan fingerprint density at radius 2 is 2.20 bits per heavy atom. The molecule has 0 radical (unpaired) electrons. The van der Waals surface area contributed by atoms with Crippen LogP contribution in [0.25, 0.3) is 0 Å². The third kappa shape index (κ3) is 3.10. The molecule has 0 spiro atoms. The Hall–Kier alpha value is -1.19. The van der Waals surface area contributed by atoms with Gasteiger partial charge in [-0.25, -0.2) is 0 Å². The van der Waals surface area contributed by atoms with E-state index in [1.165, 1.54) is 23.1 Å². The summed E-state index contributed by atoms with van der Waals surface area (Å²) < 4.78 is 0. The number of aryl methyl sites for hydroxylation is 1. The molecule has 0 saturated heterocycles. The number of alkyl halides is 1. The fourth-order valence-corrected chi connectivity index (χ4v) is 3.31. The first-order chi connectivity index (χ1) is 9.72. The molecule has 1 heterocycles. The minimum absolute atomic E-state index is 0.563. The van der Waals surface area contributed by atoms with Gasteiger partial charge in [-0.05, 0) is 59.9 Å². The highest BCUT2D eigenvalue weighted by Crippen LogP contribution is 2.31. The van der Waals surface area contributed by atoms with Gasteiger partial charge in [-0.3, -0.25) is 4.98 Å². The SMILES string of the molecule is OC(Br)c1ccc2c(c1)CC(Cc1cccnc1)CC2. The third-order valence-electron chi connectivity index (χ3n) is 4.08. The number of aliphatic hydroxyl groups excluding tert-OH is 1. The number of aromatic nitrogens is 1. The number of hydrogen-bond acceptors (Lipinski definition) is 2. The largest absolute Gasteiger partial charge is 0.377 e. The Morgan fingerprint density at radius 1 is 1.30 bits per heavy atom. The highest BCUT2D eigenvalue weighted by molar-refractivity contribution is 9.09. The predicted molar refractivity (Wildman–Crippen MR) is 83.8 cm³/mol. The van der Waals surface area contributed by atoms with Crippen molar-refractivity contribution in [1.82, 2.24) is 4.98 Å². The second-order valence-corrected chi connectivity index (χ2v) is 6.41.